The fraction of sp³-hybridized carbons (Fsp3) is 0.333. The second-order valence-electron chi connectivity index (χ2n) is 6.63. The zero-order valence-electron chi connectivity index (χ0n) is 15.3. The summed E-state index contributed by atoms with van der Waals surface area (Å²) < 4.78 is 0. The van der Waals surface area contributed by atoms with E-state index in [4.69, 9.17) is 11.6 Å². The summed E-state index contributed by atoms with van der Waals surface area (Å²) in [6.45, 7) is 3.35. The van der Waals surface area contributed by atoms with Gasteiger partial charge in [0.05, 0.1) is 5.69 Å². The summed E-state index contributed by atoms with van der Waals surface area (Å²) in [5.41, 5.74) is 2.07. The van der Waals surface area contributed by atoms with Crippen molar-refractivity contribution in [3.63, 3.8) is 0 Å². The molecule has 0 saturated carbocycles. The van der Waals surface area contributed by atoms with Gasteiger partial charge in [-0.25, -0.2) is 0 Å². The third kappa shape index (κ3) is 5.50. The van der Waals surface area contributed by atoms with Crippen molar-refractivity contribution in [1.29, 1.82) is 0 Å². The average Bonchev–Trinajstić information content (AvgIpc) is 2.67. The number of thioether (sulfide) groups is 1. The first-order valence-electron chi connectivity index (χ1n) is 9.10. The summed E-state index contributed by atoms with van der Waals surface area (Å²) >= 11 is 7.65. The number of benzene rings is 2. The molecule has 0 radical (unpaired) electrons. The van der Waals surface area contributed by atoms with E-state index in [-0.39, 0.29) is 24.7 Å². The van der Waals surface area contributed by atoms with Crippen LogP contribution in [-0.4, -0.2) is 30.2 Å². The van der Waals surface area contributed by atoms with Gasteiger partial charge in [-0.3, -0.25) is 9.59 Å². The highest BCUT2D eigenvalue weighted by atomic mass is 35.5. The normalized spacial score (nSPS) is 15.9. The predicted molar refractivity (Wildman–Crippen MR) is 112 cm³/mol. The van der Waals surface area contributed by atoms with E-state index in [1.807, 2.05) is 53.4 Å². The fourth-order valence-corrected chi connectivity index (χ4v) is 4.31. The summed E-state index contributed by atoms with van der Waals surface area (Å²) in [7, 11) is 0. The van der Waals surface area contributed by atoms with Crippen LogP contribution in [0.3, 0.4) is 0 Å². The van der Waals surface area contributed by atoms with Crippen molar-refractivity contribution in [1.82, 2.24) is 5.32 Å². The van der Waals surface area contributed by atoms with Crippen LogP contribution in [0.5, 0.6) is 0 Å². The lowest BCUT2D eigenvalue weighted by atomic mass is 10.1. The number of nitrogens with zero attached hydrogens (tertiary/aromatic N) is 1. The number of anilines is 1. The van der Waals surface area contributed by atoms with Gasteiger partial charge >= 0.3 is 0 Å². The van der Waals surface area contributed by atoms with Crippen LogP contribution in [0.2, 0.25) is 5.02 Å². The number of hydrogen-bond donors (Lipinski definition) is 1. The Bertz CT molecular complexity index is 810. The number of amides is 2. The summed E-state index contributed by atoms with van der Waals surface area (Å²) in [6, 6.07) is 15.5. The Labute approximate surface area is 169 Å². The summed E-state index contributed by atoms with van der Waals surface area (Å²) in [5, 5.41) is 3.93. The van der Waals surface area contributed by atoms with E-state index in [2.05, 4.69) is 12.2 Å². The first-order chi connectivity index (χ1) is 13.0. The van der Waals surface area contributed by atoms with Gasteiger partial charge in [-0.15, -0.1) is 11.8 Å². The van der Waals surface area contributed by atoms with Gasteiger partial charge in [-0.1, -0.05) is 42.8 Å². The van der Waals surface area contributed by atoms with Crippen molar-refractivity contribution in [2.75, 3.05) is 18.0 Å². The van der Waals surface area contributed by atoms with E-state index < -0.39 is 0 Å². The summed E-state index contributed by atoms with van der Waals surface area (Å²) in [5.74, 6) is -0.0903. The Morgan fingerprint density at radius 2 is 1.89 bits per heavy atom. The number of carbonyl (C=O) groups excluding carboxylic acids is 2. The van der Waals surface area contributed by atoms with Gasteiger partial charge in [-0.05, 0) is 36.2 Å². The monoisotopic (exact) mass is 402 g/mol. The number of carbonyl (C=O) groups is 2. The zero-order valence-corrected chi connectivity index (χ0v) is 16.9. The summed E-state index contributed by atoms with van der Waals surface area (Å²) in [6.07, 6.45) is 1.17. The molecule has 0 fully saturated rings. The molecule has 1 unspecified atom stereocenters. The summed E-state index contributed by atoms with van der Waals surface area (Å²) in [4.78, 5) is 27.7. The molecule has 1 heterocycles. The van der Waals surface area contributed by atoms with Gasteiger partial charge in [0, 0.05) is 41.1 Å². The van der Waals surface area contributed by atoms with Crippen molar-refractivity contribution in [3.05, 3.63) is 59.1 Å². The second kappa shape index (κ2) is 9.29. The molecular formula is C21H23ClN2O2S. The minimum atomic E-state index is -0.0926. The third-order valence-electron chi connectivity index (χ3n) is 4.44. The van der Waals surface area contributed by atoms with Crippen LogP contribution in [0.1, 0.15) is 25.3 Å². The molecule has 2 aromatic rings. The highest BCUT2D eigenvalue weighted by Gasteiger charge is 2.26. The SMILES string of the molecule is CC1CN(C(=O)CCC(=O)NCCc2ccc(Cl)cc2)c2ccccc2S1. The Balaban J connectivity index is 1.46. The maximum Gasteiger partial charge on any atom is 0.227 e. The van der Waals surface area contributed by atoms with Crippen LogP contribution in [0.15, 0.2) is 53.4 Å². The Hall–Kier alpha value is -1.98. The predicted octanol–water partition coefficient (Wildman–Crippen LogP) is 4.31. The Morgan fingerprint density at radius 1 is 1.15 bits per heavy atom. The van der Waals surface area contributed by atoms with Crippen molar-refractivity contribution in [3.8, 4) is 0 Å². The highest BCUT2D eigenvalue weighted by Crippen LogP contribution is 2.38. The van der Waals surface area contributed by atoms with E-state index in [1.165, 1.54) is 0 Å². The molecule has 2 aromatic carbocycles. The standard InChI is InChI=1S/C21H23ClN2O2S/c1-15-14-24(18-4-2-3-5-19(18)27-15)21(26)11-10-20(25)23-13-12-16-6-8-17(22)9-7-16/h2-9,15H,10-14H2,1H3,(H,23,25). The molecule has 3 rings (SSSR count). The zero-order chi connectivity index (χ0) is 19.2. The minimum Gasteiger partial charge on any atom is -0.356 e. The van der Waals surface area contributed by atoms with E-state index in [0.717, 1.165) is 22.6 Å². The maximum absolute atomic E-state index is 12.7. The van der Waals surface area contributed by atoms with E-state index in [9.17, 15) is 9.59 Å². The largest absolute Gasteiger partial charge is 0.356 e. The van der Waals surface area contributed by atoms with Gasteiger partial charge in [0.1, 0.15) is 0 Å². The van der Waals surface area contributed by atoms with E-state index in [1.54, 1.807) is 11.8 Å². The van der Waals surface area contributed by atoms with E-state index >= 15 is 0 Å². The molecule has 4 nitrogen and oxygen atoms in total. The number of rotatable bonds is 6. The Morgan fingerprint density at radius 3 is 2.67 bits per heavy atom. The second-order valence-corrected chi connectivity index (χ2v) is 8.54. The molecule has 0 saturated heterocycles. The quantitative estimate of drug-likeness (QED) is 0.783. The molecule has 0 bridgehead atoms. The van der Waals surface area contributed by atoms with Crippen LogP contribution in [0, 0.1) is 0 Å². The third-order valence-corrected chi connectivity index (χ3v) is 5.84. The molecule has 0 aliphatic carbocycles. The van der Waals surface area contributed by atoms with Crippen molar-refractivity contribution >= 4 is 40.9 Å². The molecule has 0 spiro atoms. The number of nitrogens with one attached hydrogen (secondary N) is 1. The van der Waals surface area contributed by atoms with Crippen molar-refractivity contribution in [2.24, 2.45) is 0 Å². The number of halogens is 1. The van der Waals surface area contributed by atoms with Crippen LogP contribution < -0.4 is 10.2 Å². The highest BCUT2D eigenvalue weighted by molar-refractivity contribution is 8.00. The molecule has 6 heteroatoms. The van der Waals surface area contributed by atoms with Gasteiger partial charge < -0.3 is 10.2 Å². The van der Waals surface area contributed by atoms with Crippen LogP contribution in [0.25, 0.3) is 0 Å². The van der Waals surface area contributed by atoms with Crippen molar-refractivity contribution < 1.29 is 9.59 Å². The van der Waals surface area contributed by atoms with Gasteiger partial charge in [0.25, 0.3) is 0 Å². The lowest BCUT2D eigenvalue weighted by Crippen LogP contribution is -2.39. The molecule has 1 atom stereocenters. The molecule has 0 aromatic heterocycles. The van der Waals surface area contributed by atoms with E-state index in [0.29, 0.717) is 23.4 Å². The molecule has 27 heavy (non-hydrogen) atoms. The number of para-hydroxylation sites is 1. The molecule has 1 aliphatic heterocycles. The lowest BCUT2D eigenvalue weighted by Gasteiger charge is -2.32. The van der Waals surface area contributed by atoms with Gasteiger partial charge in [-0.2, -0.15) is 0 Å². The van der Waals surface area contributed by atoms with Crippen molar-refractivity contribution in [2.45, 2.75) is 36.3 Å². The minimum absolute atomic E-state index is 0.00227. The van der Waals surface area contributed by atoms with Gasteiger partial charge in [0.2, 0.25) is 11.8 Å². The molecular weight excluding hydrogens is 380 g/mol. The fourth-order valence-electron chi connectivity index (χ4n) is 3.07. The topological polar surface area (TPSA) is 49.4 Å². The Kier molecular flexibility index (Phi) is 6.80. The first kappa shape index (κ1) is 19.8. The number of fused-ring (bicyclic) bond motifs is 1. The smallest absolute Gasteiger partial charge is 0.227 e. The average molecular weight is 403 g/mol. The lowest BCUT2D eigenvalue weighted by molar-refractivity contribution is -0.125. The molecule has 1 aliphatic rings. The van der Waals surface area contributed by atoms with Crippen LogP contribution >= 0.6 is 23.4 Å². The first-order valence-corrected chi connectivity index (χ1v) is 10.4. The maximum atomic E-state index is 12.7. The molecule has 2 amide bonds. The molecule has 1 N–H and O–H groups in total. The molecule has 142 valence electrons. The van der Waals surface area contributed by atoms with Gasteiger partial charge in [0.15, 0.2) is 0 Å². The number of hydrogen-bond acceptors (Lipinski definition) is 3. The van der Waals surface area contributed by atoms with Crippen LogP contribution in [-0.2, 0) is 16.0 Å². The van der Waals surface area contributed by atoms with Crippen LogP contribution in [0.4, 0.5) is 5.69 Å².